The molecule has 0 aromatic carbocycles. The van der Waals surface area contributed by atoms with Gasteiger partial charge in [-0.1, -0.05) is 0 Å². The van der Waals surface area contributed by atoms with Gasteiger partial charge in [0.2, 0.25) is 0 Å². The Morgan fingerprint density at radius 3 is 2.67 bits per heavy atom. The van der Waals surface area contributed by atoms with E-state index in [1.807, 2.05) is 0 Å². The number of rotatable bonds is 2. The second-order valence-electron chi connectivity index (χ2n) is 1.70. The van der Waals surface area contributed by atoms with Gasteiger partial charge in [0.15, 0.2) is 0 Å². The zero-order valence-corrected chi connectivity index (χ0v) is 5.51. The maximum atomic E-state index is 10.3. The highest BCUT2D eigenvalue weighted by Gasteiger charge is 2.03. The van der Waals surface area contributed by atoms with E-state index in [1.165, 1.54) is 7.11 Å². The summed E-state index contributed by atoms with van der Waals surface area (Å²) in [4.78, 5) is 10.3. The van der Waals surface area contributed by atoms with Crippen LogP contribution < -0.4 is 5.32 Å². The highest BCUT2D eigenvalue weighted by Crippen LogP contribution is 1.79. The molecule has 0 rings (SSSR count). The van der Waals surface area contributed by atoms with E-state index in [0.717, 1.165) is 0 Å². The zero-order valence-electron chi connectivity index (χ0n) is 5.51. The topological polar surface area (TPSA) is 58.2 Å². The van der Waals surface area contributed by atoms with Gasteiger partial charge < -0.3 is 10.1 Å². The summed E-state index contributed by atoms with van der Waals surface area (Å²) in [5.41, 5.74) is 0. The van der Waals surface area contributed by atoms with Crippen molar-refractivity contribution in [1.29, 1.82) is 0 Å². The Kier molecular flexibility index (Phi) is 3.79. The maximum absolute atomic E-state index is 10.3. The van der Waals surface area contributed by atoms with Gasteiger partial charge in [0, 0.05) is 0 Å². The van der Waals surface area contributed by atoms with Crippen LogP contribution in [0.2, 0.25) is 0 Å². The Bertz CT molecular complexity index is 94.2. The number of ether oxygens (including phenoxy) is 1. The maximum Gasteiger partial charge on any atom is 0.407 e. The molecule has 1 atom stereocenters. The highest BCUT2D eigenvalue weighted by atomic mass is 16.5. The van der Waals surface area contributed by atoms with Crippen LogP contribution in [0.1, 0.15) is 6.92 Å². The molecule has 0 aliphatic heterocycles. The molecule has 0 saturated heterocycles. The lowest BCUT2D eigenvalue weighted by atomic mass is 10.4. The quantitative estimate of drug-likeness (QED) is 0.581. The molecule has 0 aromatic heterocycles. The fourth-order valence-electron chi connectivity index (χ4n) is 0.302. The fraction of sp³-hybridized carbons (Fsp3) is 0.800. The van der Waals surface area contributed by atoms with E-state index in [2.05, 4.69) is 10.1 Å². The van der Waals surface area contributed by atoms with Crippen LogP contribution in [0.25, 0.3) is 0 Å². The number of alkyl carbamates (subject to hydrolysis) is 1. The first-order valence-corrected chi connectivity index (χ1v) is 2.63. The summed E-state index contributed by atoms with van der Waals surface area (Å²) in [5, 5.41) is 12.3. The summed E-state index contributed by atoms with van der Waals surface area (Å²) in [5.74, 6) is 0. The molecule has 4 nitrogen and oxygen atoms in total. The van der Waals surface area contributed by atoms with Crippen molar-refractivity contribution in [2.75, 3.05) is 13.7 Å². The van der Waals surface area contributed by atoms with Crippen molar-refractivity contribution in [3.63, 3.8) is 0 Å². The van der Waals surface area contributed by atoms with E-state index in [0.29, 0.717) is 0 Å². The van der Waals surface area contributed by atoms with Crippen LogP contribution in [0.5, 0.6) is 0 Å². The van der Waals surface area contributed by atoms with Crippen LogP contribution in [-0.2, 0) is 9.84 Å². The Morgan fingerprint density at radius 2 is 2.33 bits per heavy atom. The molecule has 1 amide bonds. The van der Waals surface area contributed by atoms with Crippen LogP contribution in [0.3, 0.4) is 0 Å². The lowest BCUT2D eigenvalue weighted by molar-refractivity contribution is 0.140. The molecule has 0 bridgehead atoms. The lowest BCUT2D eigenvalue weighted by Crippen LogP contribution is -2.34. The van der Waals surface area contributed by atoms with Gasteiger partial charge in [-0.15, -0.1) is 0 Å². The second kappa shape index (κ2) is 4.14. The lowest BCUT2D eigenvalue weighted by Gasteiger charge is -2.06. The smallest absolute Gasteiger partial charge is 0.407 e. The van der Waals surface area contributed by atoms with Crippen LogP contribution in [-0.4, -0.2) is 25.9 Å². The summed E-state index contributed by atoms with van der Waals surface area (Å²) < 4.78 is 4.23. The third-order valence-electron chi connectivity index (χ3n) is 0.800. The average Bonchev–Trinajstić information content (AvgIpc) is 1.87. The minimum atomic E-state index is -0.557. The number of carbonyl (C=O) groups is 1. The van der Waals surface area contributed by atoms with E-state index in [1.54, 1.807) is 6.92 Å². The average molecular weight is 132 g/mol. The number of nitrogens with one attached hydrogen (secondary N) is 1. The first kappa shape index (κ1) is 8.23. The highest BCUT2D eigenvalue weighted by molar-refractivity contribution is 5.67. The summed E-state index contributed by atoms with van der Waals surface area (Å²) in [7, 11) is 1.26. The molecule has 0 fully saturated rings. The van der Waals surface area contributed by atoms with Crippen molar-refractivity contribution in [2.24, 2.45) is 0 Å². The van der Waals surface area contributed by atoms with Gasteiger partial charge in [-0.2, -0.15) is 0 Å². The molecule has 1 N–H and O–H groups in total. The minimum absolute atomic E-state index is 0.324. The van der Waals surface area contributed by atoms with Gasteiger partial charge >= 0.3 is 6.09 Å². The number of methoxy groups -OCH3 is 1. The van der Waals surface area contributed by atoms with Gasteiger partial charge in [0.25, 0.3) is 0 Å². The molecule has 1 unspecified atom stereocenters. The normalized spacial score (nSPS) is 12.3. The fourth-order valence-corrected chi connectivity index (χ4v) is 0.302. The third-order valence-corrected chi connectivity index (χ3v) is 0.800. The predicted octanol–water partition coefficient (Wildman–Crippen LogP) is 0.161. The van der Waals surface area contributed by atoms with Gasteiger partial charge in [-0.25, -0.2) is 9.90 Å². The molecular formula is C5H10NO3. The van der Waals surface area contributed by atoms with Crippen molar-refractivity contribution in [3.05, 3.63) is 0 Å². The van der Waals surface area contributed by atoms with Crippen molar-refractivity contribution in [2.45, 2.75) is 13.0 Å². The Balaban J connectivity index is 3.34. The Morgan fingerprint density at radius 1 is 1.78 bits per heavy atom. The van der Waals surface area contributed by atoms with Gasteiger partial charge in [0.05, 0.1) is 13.2 Å². The molecule has 0 aliphatic carbocycles. The van der Waals surface area contributed by atoms with Gasteiger partial charge in [-0.3, -0.25) is 0 Å². The van der Waals surface area contributed by atoms with E-state index in [4.69, 9.17) is 0 Å². The van der Waals surface area contributed by atoms with Crippen molar-refractivity contribution in [3.8, 4) is 0 Å². The van der Waals surface area contributed by atoms with Crippen LogP contribution in [0.15, 0.2) is 0 Å². The molecule has 0 saturated carbocycles. The standard InChI is InChI=1S/C5H10NO3/c1-4(3-7)6-5(8)9-2/h4H,3H2,1-2H3,(H,6,8). The van der Waals surface area contributed by atoms with E-state index < -0.39 is 6.09 Å². The molecule has 0 heterocycles. The number of hydrogen-bond acceptors (Lipinski definition) is 2. The first-order valence-electron chi connectivity index (χ1n) is 2.63. The Hall–Kier alpha value is -0.770. The zero-order chi connectivity index (χ0) is 7.28. The van der Waals surface area contributed by atoms with E-state index in [9.17, 15) is 9.90 Å². The van der Waals surface area contributed by atoms with Crippen LogP contribution in [0, 0.1) is 0 Å². The van der Waals surface area contributed by atoms with E-state index in [-0.39, 0.29) is 12.6 Å². The van der Waals surface area contributed by atoms with Gasteiger partial charge in [-0.05, 0) is 6.92 Å². The third kappa shape index (κ3) is 3.78. The first-order chi connectivity index (χ1) is 4.20. The summed E-state index contributed by atoms with van der Waals surface area (Å²) in [6, 6.07) is -0.350. The van der Waals surface area contributed by atoms with Crippen LogP contribution in [0.4, 0.5) is 4.79 Å². The predicted molar refractivity (Wildman–Crippen MR) is 30.6 cm³/mol. The monoisotopic (exact) mass is 132 g/mol. The molecule has 0 spiro atoms. The molecule has 4 heteroatoms. The molecule has 0 aliphatic rings. The summed E-state index contributed by atoms with van der Waals surface area (Å²) in [6.07, 6.45) is -0.557. The minimum Gasteiger partial charge on any atom is -0.453 e. The molecule has 53 valence electrons. The number of carbonyl (C=O) groups excluding carboxylic acids is 1. The molecular weight excluding hydrogens is 122 g/mol. The van der Waals surface area contributed by atoms with Crippen LogP contribution >= 0.6 is 0 Å². The number of hydrogen-bond donors (Lipinski definition) is 1. The molecule has 0 aromatic rings. The Labute approximate surface area is 53.8 Å². The molecule has 1 radical (unpaired) electrons. The largest absolute Gasteiger partial charge is 0.453 e. The summed E-state index contributed by atoms with van der Waals surface area (Å²) in [6.45, 7) is 1.29. The SMILES string of the molecule is COC(=O)NC(C)C[O]. The molecule has 9 heavy (non-hydrogen) atoms. The summed E-state index contributed by atoms with van der Waals surface area (Å²) >= 11 is 0. The second-order valence-corrected chi connectivity index (χ2v) is 1.70. The van der Waals surface area contributed by atoms with Crippen molar-refractivity contribution < 1.29 is 14.6 Å². The van der Waals surface area contributed by atoms with E-state index >= 15 is 0 Å². The van der Waals surface area contributed by atoms with Gasteiger partial charge in [0.1, 0.15) is 6.61 Å². The number of amides is 1. The van der Waals surface area contributed by atoms with Crippen molar-refractivity contribution >= 4 is 6.09 Å². The van der Waals surface area contributed by atoms with Crippen molar-refractivity contribution in [1.82, 2.24) is 5.32 Å².